The van der Waals surface area contributed by atoms with E-state index >= 15 is 0 Å². The fraction of sp³-hybridized carbons (Fsp3) is 0.571. The van der Waals surface area contributed by atoms with E-state index in [0.29, 0.717) is 31.8 Å². The quantitative estimate of drug-likeness (QED) is 0.485. The Morgan fingerprint density at radius 2 is 1.84 bits per heavy atom. The molecule has 108 valence electrons. The van der Waals surface area contributed by atoms with Crippen molar-refractivity contribution >= 4 is 15.9 Å². The van der Waals surface area contributed by atoms with Crippen LogP contribution >= 0.6 is 15.9 Å². The lowest BCUT2D eigenvalue weighted by atomic mass is 10.1. The molecular weight excluding hydrogens is 315 g/mol. The van der Waals surface area contributed by atoms with Crippen LogP contribution in [0.1, 0.15) is 18.1 Å². The van der Waals surface area contributed by atoms with Crippen LogP contribution in [0.3, 0.4) is 0 Å². The summed E-state index contributed by atoms with van der Waals surface area (Å²) in [6.07, 6.45) is 0.805. The van der Waals surface area contributed by atoms with E-state index in [1.54, 1.807) is 19.2 Å². The monoisotopic (exact) mass is 334 g/mol. The molecule has 0 N–H and O–H groups in total. The first-order valence-electron chi connectivity index (χ1n) is 6.27. The lowest BCUT2D eigenvalue weighted by Gasteiger charge is -2.16. The number of hydrogen-bond donors (Lipinski definition) is 0. The Bertz CT molecular complexity index is 332. The molecule has 1 atom stereocenters. The molecule has 1 aromatic rings. The maximum absolute atomic E-state index is 12.8. The molecule has 0 aliphatic rings. The highest BCUT2D eigenvalue weighted by atomic mass is 79.9. The number of rotatable bonds is 10. The first-order valence-corrected chi connectivity index (χ1v) is 7.39. The highest BCUT2D eigenvalue weighted by Crippen LogP contribution is 2.19. The number of methoxy groups -OCH3 is 1. The van der Waals surface area contributed by atoms with Gasteiger partial charge in [0.2, 0.25) is 0 Å². The zero-order valence-electron chi connectivity index (χ0n) is 11.1. The molecule has 1 aromatic carbocycles. The van der Waals surface area contributed by atoms with Gasteiger partial charge in [0.15, 0.2) is 0 Å². The van der Waals surface area contributed by atoms with Crippen LogP contribution in [0.2, 0.25) is 0 Å². The Hall–Kier alpha value is -0.490. The van der Waals surface area contributed by atoms with Crippen molar-refractivity contribution < 1.29 is 18.6 Å². The standard InChI is InChI=1S/C14H20BrFO3/c1-17-7-2-8-18-9-10-19-14(11-15)12-3-5-13(16)6-4-12/h3-6,14H,2,7-11H2,1H3. The summed E-state index contributed by atoms with van der Waals surface area (Å²) in [7, 11) is 1.67. The van der Waals surface area contributed by atoms with Crippen LogP contribution < -0.4 is 0 Å². The molecule has 5 heteroatoms. The number of halogens is 2. The fourth-order valence-corrected chi connectivity index (χ4v) is 2.12. The highest BCUT2D eigenvalue weighted by molar-refractivity contribution is 9.09. The molecule has 0 aliphatic carbocycles. The Morgan fingerprint density at radius 3 is 2.47 bits per heavy atom. The molecule has 0 fully saturated rings. The van der Waals surface area contributed by atoms with E-state index in [1.807, 2.05) is 0 Å². The van der Waals surface area contributed by atoms with E-state index in [1.165, 1.54) is 12.1 Å². The molecule has 19 heavy (non-hydrogen) atoms. The van der Waals surface area contributed by atoms with Gasteiger partial charge in [-0.1, -0.05) is 28.1 Å². The topological polar surface area (TPSA) is 27.7 Å². The van der Waals surface area contributed by atoms with Crippen molar-refractivity contribution in [2.75, 3.05) is 38.9 Å². The van der Waals surface area contributed by atoms with Crippen molar-refractivity contribution in [3.63, 3.8) is 0 Å². The van der Waals surface area contributed by atoms with Gasteiger partial charge in [0.1, 0.15) is 5.82 Å². The molecule has 0 aromatic heterocycles. The maximum atomic E-state index is 12.8. The first kappa shape index (κ1) is 16.6. The Morgan fingerprint density at radius 1 is 1.11 bits per heavy atom. The summed E-state index contributed by atoms with van der Waals surface area (Å²) in [6.45, 7) is 2.45. The van der Waals surface area contributed by atoms with Gasteiger partial charge in [-0.3, -0.25) is 0 Å². The number of ether oxygens (including phenoxy) is 3. The van der Waals surface area contributed by atoms with Gasteiger partial charge in [-0.05, 0) is 24.1 Å². The summed E-state index contributed by atoms with van der Waals surface area (Å²) < 4.78 is 28.9. The van der Waals surface area contributed by atoms with E-state index in [4.69, 9.17) is 14.2 Å². The van der Waals surface area contributed by atoms with Crippen LogP contribution in [0.5, 0.6) is 0 Å². The van der Waals surface area contributed by atoms with Crippen LogP contribution in [0, 0.1) is 5.82 Å². The van der Waals surface area contributed by atoms with Gasteiger partial charge in [-0.25, -0.2) is 4.39 Å². The van der Waals surface area contributed by atoms with Gasteiger partial charge in [0, 0.05) is 25.7 Å². The molecule has 1 rings (SSSR count). The van der Waals surface area contributed by atoms with E-state index in [9.17, 15) is 4.39 Å². The third kappa shape index (κ3) is 7.01. The fourth-order valence-electron chi connectivity index (χ4n) is 1.56. The van der Waals surface area contributed by atoms with E-state index < -0.39 is 0 Å². The number of alkyl halides is 1. The second kappa shape index (κ2) is 10.3. The molecule has 0 amide bonds. The summed E-state index contributed by atoms with van der Waals surface area (Å²) in [5, 5.41) is 0.669. The number of hydrogen-bond acceptors (Lipinski definition) is 3. The first-order chi connectivity index (χ1) is 9.27. The lowest BCUT2D eigenvalue weighted by Crippen LogP contribution is -2.12. The van der Waals surface area contributed by atoms with Gasteiger partial charge >= 0.3 is 0 Å². The zero-order chi connectivity index (χ0) is 13.9. The minimum atomic E-state index is -0.237. The zero-order valence-corrected chi connectivity index (χ0v) is 12.7. The predicted molar refractivity (Wildman–Crippen MR) is 76.2 cm³/mol. The molecule has 0 saturated carbocycles. The molecule has 0 bridgehead atoms. The van der Waals surface area contributed by atoms with Crippen LogP contribution in [0.4, 0.5) is 4.39 Å². The van der Waals surface area contributed by atoms with E-state index in [-0.39, 0.29) is 11.9 Å². The molecule has 0 spiro atoms. The van der Waals surface area contributed by atoms with Crippen LogP contribution in [0.25, 0.3) is 0 Å². The smallest absolute Gasteiger partial charge is 0.123 e. The minimum absolute atomic E-state index is 0.0804. The minimum Gasteiger partial charge on any atom is -0.385 e. The van der Waals surface area contributed by atoms with E-state index in [2.05, 4.69) is 15.9 Å². The second-order valence-corrected chi connectivity index (χ2v) is 4.67. The third-order valence-electron chi connectivity index (χ3n) is 2.57. The molecule has 3 nitrogen and oxygen atoms in total. The predicted octanol–water partition coefficient (Wildman–Crippen LogP) is 3.33. The Balaban J connectivity index is 2.20. The van der Waals surface area contributed by atoms with Crippen molar-refractivity contribution in [3.8, 4) is 0 Å². The van der Waals surface area contributed by atoms with Crippen LogP contribution in [-0.4, -0.2) is 38.9 Å². The third-order valence-corrected chi connectivity index (χ3v) is 3.15. The Kier molecular flexibility index (Phi) is 8.99. The number of benzene rings is 1. The largest absolute Gasteiger partial charge is 0.385 e. The van der Waals surface area contributed by atoms with Gasteiger partial charge in [0.05, 0.1) is 19.3 Å². The average Bonchev–Trinajstić information content (AvgIpc) is 2.43. The Labute approximate surface area is 122 Å². The van der Waals surface area contributed by atoms with Gasteiger partial charge in [-0.15, -0.1) is 0 Å². The summed E-state index contributed by atoms with van der Waals surface area (Å²) in [6, 6.07) is 6.35. The normalized spacial score (nSPS) is 12.6. The summed E-state index contributed by atoms with van der Waals surface area (Å²) in [4.78, 5) is 0. The summed E-state index contributed by atoms with van der Waals surface area (Å²) >= 11 is 3.40. The second-order valence-electron chi connectivity index (χ2n) is 4.02. The molecule has 0 radical (unpaired) electrons. The lowest BCUT2D eigenvalue weighted by molar-refractivity contribution is 0.00977. The van der Waals surface area contributed by atoms with Crippen LogP contribution in [0.15, 0.2) is 24.3 Å². The van der Waals surface area contributed by atoms with Gasteiger partial charge in [-0.2, -0.15) is 0 Å². The van der Waals surface area contributed by atoms with Crippen molar-refractivity contribution in [2.24, 2.45) is 0 Å². The summed E-state index contributed by atoms with van der Waals surface area (Å²) in [5.74, 6) is -0.237. The van der Waals surface area contributed by atoms with Crippen molar-refractivity contribution in [3.05, 3.63) is 35.6 Å². The van der Waals surface area contributed by atoms with Crippen molar-refractivity contribution in [1.29, 1.82) is 0 Å². The SMILES string of the molecule is COCCCOCCOC(CBr)c1ccc(F)cc1. The summed E-state index contributed by atoms with van der Waals surface area (Å²) in [5.41, 5.74) is 0.956. The molecule has 0 saturated heterocycles. The maximum Gasteiger partial charge on any atom is 0.123 e. The average molecular weight is 335 g/mol. The van der Waals surface area contributed by atoms with Gasteiger partial charge < -0.3 is 14.2 Å². The van der Waals surface area contributed by atoms with Crippen molar-refractivity contribution in [2.45, 2.75) is 12.5 Å². The van der Waals surface area contributed by atoms with E-state index in [0.717, 1.165) is 12.0 Å². The van der Waals surface area contributed by atoms with Crippen molar-refractivity contribution in [1.82, 2.24) is 0 Å². The van der Waals surface area contributed by atoms with Crippen LogP contribution in [-0.2, 0) is 14.2 Å². The van der Waals surface area contributed by atoms with Gasteiger partial charge in [0.25, 0.3) is 0 Å². The molecule has 1 unspecified atom stereocenters. The molecule has 0 heterocycles. The molecule has 0 aliphatic heterocycles. The molecular formula is C14H20BrFO3. The highest BCUT2D eigenvalue weighted by Gasteiger charge is 2.10.